The zero-order valence-electron chi connectivity index (χ0n) is 8.32. The van der Waals surface area contributed by atoms with Crippen LogP contribution in [0, 0.1) is 0 Å². The summed E-state index contributed by atoms with van der Waals surface area (Å²) in [5.74, 6) is 0.204. The molecule has 0 atom stereocenters. The van der Waals surface area contributed by atoms with Gasteiger partial charge in [0.15, 0.2) is 5.78 Å². The first-order chi connectivity index (χ1) is 6.79. The highest BCUT2D eigenvalue weighted by molar-refractivity contribution is 7.98. The first-order valence-corrected chi connectivity index (χ1v) is 5.79. The smallest absolute Gasteiger partial charge is 0.164 e. The lowest BCUT2D eigenvalue weighted by molar-refractivity contribution is 0.0981. The Hall–Kier alpha value is -1.02. The molecular weight excluding hydrogens is 192 g/mol. The fourth-order valence-electron chi connectivity index (χ4n) is 1.24. The van der Waals surface area contributed by atoms with Crippen molar-refractivity contribution in [1.29, 1.82) is 0 Å². The Labute approximate surface area is 89.2 Å². The third kappa shape index (κ3) is 2.74. The molecule has 0 saturated heterocycles. The lowest BCUT2D eigenvalue weighted by Crippen LogP contribution is -1.99. The van der Waals surface area contributed by atoms with Gasteiger partial charge < -0.3 is 0 Å². The quantitative estimate of drug-likeness (QED) is 0.416. The number of Topliss-reactive ketones (excluding diaryl/α,β-unsaturated/α-hetero) is 1. The summed E-state index contributed by atoms with van der Waals surface area (Å²) >= 11 is 1.61. The second-order valence-electron chi connectivity index (χ2n) is 2.95. The minimum Gasteiger partial charge on any atom is -0.294 e. The Balaban J connectivity index is 2.82. The zero-order valence-corrected chi connectivity index (χ0v) is 9.14. The van der Waals surface area contributed by atoms with Crippen molar-refractivity contribution in [2.75, 3.05) is 6.26 Å². The van der Waals surface area contributed by atoms with E-state index in [1.165, 1.54) is 0 Å². The molecule has 0 aliphatic carbocycles. The third-order valence-corrected chi connectivity index (χ3v) is 2.78. The van der Waals surface area contributed by atoms with Crippen LogP contribution in [0.4, 0.5) is 0 Å². The van der Waals surface area contributed by atoms with E-state index >= 15 is 0 Å². The highest BCUT2D eigenvalue weighted by Crippen LogP contribution is 2.21. The van der Waals surface area contributed by atoms with Gasteiger partial charge in [-0.2, -0.15) is 0 Å². The lowest BCUT2D eigenvalue weighted by Gasteiger charge is -2.04. The van der Waals surface area contributed by atoms with E-state index < -0.39 is 0 Å². The van der Waals surface area contributed by atoms with Gasteiger partial charge in [-0.25, -0.2) is 0 Å². The van der Waals surface area contributed by atoms with Crippen molar-refractivity contribution in [3.63, 3.8) is 0 Å². The zero-order chi connectivity index (χ0) is 10.4. The lowest BCUT2D eigenvalue weighted by atomic mass is 10.1. The summed E-state index contributed by atoms with van der Waals surface area (Å²) in [6.45, 7) is 3.61. The van der Waals surface area contributed by atoms with Gasteiger partial charge >= 0.3 is 0 Å². The van der Waals surface area contributed by atoms with Crippen molar-refractivity contribution < 1.29 is 4.79 Å². The van der Waals surface area contributed by atoms with Gasteiger partial charge in [0.05, 0.1) is 0 Å². The van der Waals surface area contributed by atoms with Gasteiger partial charge in [-0.05, 0) is 18.7 Å². The molecule has 0 radical (unpaired) electrons. The monoisotopic (exact) mass is 206 g/mol. The maximum absolute atomic E-state index is 11.7. The molecule has 0 fully saturated rings. The number of rotatable bonds is 5. The summed E-state index contributed by atoms with van der Waals surface area (Å²) < 4.78 is 0. The van der Waals surface area contributed by atoms with Gasteiger partial charge in [0.1, 0.15) is 0 Å². The summed E-state index contributed by atoms with van der Waals surface area (Å²) in [6.07, 6.45) is 5.07. The molecule has 0 spiro atoms. The molecule has 74 valence electrons. The first-order valence-electron chi connectivity index (χ1n) is 4.56. The summed E-state index contributed by atoms with van der Waals surface area (Å²) in [4.78, 5) is 12.8. The number of allylic oxidation sites excluding steroid dienone is 1. The predicted molar refractivity (Wildman–Crippen MR) is 62.0 cm³/mol. The molecule has 0 saturated carbocycles. The molecule has 0 unspecified atom stereocenters. The van der Waals surface area contributed by atoms with E-state index in [0.717, 1.165) is 16.9 Å². The molecule has 0 N–H and O–H groups in total. The van der Waals surface area contributed by atoms with Crippen molar-refractivity contribution in [2.24, 2.45) is 0 Å². The number of hydrogen-bond donors (Lipinski definition) is 0. The second kappa shape index (κ2) is 5.66. The summed E-state index contributed by atoms with van der Waals surface area (Å²) in [7, 11) is 0. The maximum atomic E-state index is 11.7. The van der Waals surface area contributed by atoms with E-state index in [0.29, 0.717) is 6.42 Å². The van der Waals surface area contributed by atoms with Crippen molar-refractivity contribution in [2.45, 2.75) is 17.7 Å². The van der Waals surface area contributed by atoms with E-state index in [9.17, 15) is 4.79 Å². The minimum absolute atomic E-state index is 0.204. The van der Waals surface area contributed by atoms with Crippen LogP contribution < -0.4 is 0 Å². The summed E-state index contributed by atoms with van der Waals surface area (Å²) in [5, 5.41) is 0. The second-order valence-corrected chi connectivity index (χ2v) is 3.80. The molecule has 0 aromatic heterocycles. The molecule has 0 bridgehead atoms. The first kappa shape index (κ1) is 11.1. The molecule has 1 nitrogen and oxygen atoms in total. The maximum Gasteiger partial charge on any atom is 0.164 e. The summed E-state index contributed by atoms with van der Waals surface area (Å²) in [6, 6.07) is 7.72. The topological polar surface area (TPSA) is 17.1 Å². The van der Waals surface area contributed by atoms with Crippen LogP contribution in [-0.2, 0) is 0 Å². The molecule has 1 aromatic rings. The number of carbonyl (C=O) groups is 1. The molecule has 0 aliphatic rings. The molecule has 0 amide bonds. The van der Waals surface area contributed by atoms with E-state index in [-0.39, 0.29) is 5.78 Å². The Bertz CT molecular complexity index is 331. The summed E-state index contributed by atoms with van der Waals surface area (Å²) in [5.41, 5.74) is 0.835. The van der Waals surface area contributed by atoms with Crippen LogP contribution in [-0.4, -0.2) is 12.0 Å². The number of thioether (sulfide) groups is 1. The van der Waals surface area contributed by atoms with Crippen molar-refractivity contribution in [3.05, 3.63) is 42.5 Å². The Morgan fingerprint density at radius 3 is 2.86 bits per heavy atom. The standard InChI is InChI=1S/C12H14OS/c1-3-4-8-11(13)10-7-5-6-9-12(10)14-2/h3,5-7,9H,1,4,8H2,2H3. The van der Waals surface area contributed by atoms with Gasteiger partial charge in [-0.3, -0.25) is 4.79 Å². The van der Waals surface area contributed by atoms with Crippen LogP contribution in [0.5, 0.6) is 0 Å². The number of ketones is 1. The van der Waals surface area contributed by atoms with Crippen LogP contribution in [0.3, 0.4) is 0 Å². The van der Waals surface area contributed by atoms with Gasteiger partial charge in [0.25, 0.3) is 0 Å². The molecule has 0 aliphatic heterocycles. The average Bonchev–Trinajstić information content (AvgIpc) is 2.25. The number of carbonyl (C=O) groups excluding carboxylic acids is 1. The van der Waals surface area contributed by atoms with Crippen LogP contribution in [0.2, 0.25) is 0 Å². The average molecular weight is 206 g/mol. The van der Waals surface area contributed by atoms with Gasteiger partial charge in [0, 0.05) is 16.9 Å². The number of benzene rings is 1. The van der Waals surface area contributed by atoms with E-state index in [1.807, 2.05) is 30.5 Å². The van der Waals surface area contributed by atoms with Crippen LogP contribution in [0.1, 0.15) is 23.2 Å². The number of hydrogen-bond acceptors (Lipinski definition) is 2. The highest BCUT2D eigenvalue weighted by atomic mass is 32.2. The molecule has 1 aromatic carbocycles. The van der Waals surface area contributed by atoms with Crippen LogP contribution in [0.15, 0.2) is 41.8 Å². The Morgan fingerprint density at radius 2 is 2.21 bits per heavy atom. The molecular formula is C12H14OS. The molecule has 14 heavy (non-hydrogen) atoms. The van der Waals surface area contributed by atoms with Crippen molar-refractivity contribution in [3.8, 4) is 0 Å². The fraction of sp³-hybridized carbons (Fsp3) is 0.250. The highest BCUT2D eigenvalue weighted by Gasteiger charge is 2.08. The molecule has 2 heteroatoms. The largest absolute Gasteiger partial charge is 0.294 e. The Morgan fingerprint density at radius 1 is 1.50 bits per heavy atom. The van der Waals surface area contributed by atoms with Crippen LogP contribution in [0.25, 0.3) is 0 Å². The van der Waals surface area contributed by atoms with E-state index in [1.54, 1.807) is 17.8 Å². The third-order valence-electron chi connectivity index (χ3n) is 1.98. The Kier molecular flexibility index (Phi) is 4.47. The van der Waals surface area contributed by atoms with E-state index in [4.69, 9.17) is 0 Å². The van der Waals surface area contributed by atoms with Crippen LogP contribution >= 0.6 is 11.8 Å². The van der Waals surface area contributed by atoms with E-state index in [2.05, 4.69) is 6.58 Å². The van der Waals surface area contributed by atoms with Gasteiger partial charge in [0.2, 0.25) is 0 Å². The molecule has 1 rings (SSSR count). The molecule has 0 heterocycles. The van der Waals surface area contributed by atoms with Crippen molar-refractivity contribution in [1.82, 2.24) is 0 Å². The minimum atomic E-state index is 0.204. The predicted octanol–water partition coefficient (Wildman–Crippen LogP) is 3.56. The van der Waals surface area contributed by atoms with Gasteiger partial charge in [-0.15, -0.1) is 18.3 Å². The van der Waals surface area contributed by atoms with Crippen molar-refractivity contribution >= 4 is 17.5 Å². The fourth-order valence-corrected chi connectivity index (χ4v) is 1.86. The SMILES string of the molecule is C=CCCC(=O)c1ccccc1SC. The van der Waals surface area contributed by atoms with Gasteiger partial charge in [-0.1, -0.05) is 24.3 Å². The normalized spacial score (nSPS) is 9.79.